The van der Waals surface area contributed by atoms with Crippen LogP contribution in [0, 0.1) is 0 Å². The Balaban J connectivity index is 1.76. The van der Waals surface area contributed by atoms with Crippen LogP contribution < -0.4 is 0 Å². The first-order valence-electron chi connectivity index (χ1n) is 6.73. The van der Waals surface area contributed by atoms with Gasteiger partial charge in [0.15, 0.2) is 0 Å². The summed E-state index contributed by atoms with van der Waals surface area (Å²) in [5.74, 6) is 0. The predicted octanol–water partition coefficient (Wildman–Crippen LogP) is 3.33. The minimum absolute atomic E-state index is 0.125. The van der Waals surface area contributed by atoms with Crippen molar-refractivity contribution in [2.24, 2.45) is 0 Å². The zero-order valence-corrected chi connectivity index (χ0v) is 11.4. The minimum Gasteiger partial charge on any atom is -0.302 e. The van der Waals surface area contributed by atoms with Gasteiger partial charge in [0.25, 0.3) is 0 Å². The van der Waals surface area contributed by atoms with Crippen LogP contribution >= 0.6 is 11.6 Å². The highest BCUT2D eigenvalue weighted by atomic mass is 35.5. The Morgan fingerprint density at radius 1 is 1.22 bits per heavy atom. The third kappa shape index (κ3) is 3.82. The standard InChI is InChI=1S/C15H20ClNO/c16-14-8-6-13(7-9-14)4-3-5-15(12-18)17-10-1-2-11-17/h6-9,12,15H,1-5,10-11H2. The summed E-state index contributed by atoms with van der Waals surface area (Å²) in [7, 11) is 0. The lowest BCUT2D eigenvalue weighted by atomic mass is 10.0. The molecule has 2 nitrogen and oxygen atoms in total. The topological polar surface area (TPSA) is 20.3 Å². The first-order valence-corrected chi connectivity index (χ1v) is 7.11. The first-order chi connectivity index (χ1) is 8.79. The average Bonchev–Trinajstić information content (AvgIpc) is 2.91. The van der Waals surface area contributed by atoms with Crippen LogP contribution in [0.5, 0.6) is 0 Å². The van der Waals surface area contributed by atoms with E-state index in [9.17, 15) is 4.79 Å². The Morgan fingerprint density at radius 3 is 2.50 bits per heavy atom. The van der Waals surface area contributed by atoms with Crippen molar-refractivity contribution in [2.45, 2.75) is 38.1 Å². The van der Waals surface area contributed by atoms with Crippen molar-refractivity contribution in [1.82, 2.24) is 4.90 Å². The Morgan fingerprint density at radius 2 is 1.89 bits per heavy atom. The van der Waals surface area contributed by atoms with Gasteiger partial charge in [-0.25, -0.2) is 0 Å². The highest BCUT2D eigenvalue weighted by Crippen LogP contribution is 2.16. The molecule has 0 saturated carbocycles. The van der Waals surface area contributed by atoms with Crippen LogP contribution in [0.15, 0.2) is 24.3 Å². The Labute approximate surface area is 114 Å². The molecule has 1 aromatic carbocycles. The summed E-state index contributed by atoms with van der Waals surface area (Å²) in [6.07, 6.45) is 6.64. The Hall–Kier alpha value is -0.860. The van der Waals surface area contributed by atoms with Gasteiger partial charge >= 0.3 is 0 Å². The lowest BCUT2D eigenvalue weighted by molar-refractivity contribution is -0.112. The molecule has 0 bridgehead atoms. The van der Waals surface area contributed by atoms with E-state index in [2.05, 4.69) is 17.0 Å². The summed E-state index contributed by atoms with van der Waals surface area (Å²) in [5.41, 5.74) is 1.30. The third-order valence-electron chi connectivity index (χ3n) is 3.65. The lowest BCUT2D eigenvalue weighted by Crippen LogP contribution is -2.33. The SMILES string of the molecule is O=CC(CCCc1ccc(Cl)cc1)N1CCCC1. The van der Waals surface area contributed by atoms with Gasteiger partial charge in [0.2, 0.25) is 0 Å². The summed E-state index contributed by atoms with van der Waals surface area (Å²) in [5, 5.41) is 0.779. The molecule has 1 aliphatic heterocycles. The molecular weight excluding hydrogens is 246 g/mol. The third-order valence-corrected chi connectivity index (χ3v) is 3.90. The second-order valence-electron chi connectivity index (χ2n) is 4.97. The molecule has 2 rings (SSSR count). The molecule has 1 aromatic rings. The molecule has 1 fully saturated rings. The second-order valence-corrected chi connectivity index (χ2v) is 5.40. The number of hydrogen-bond donors (Lipinski definition) is 0. The Kier molecular flexibility index (Phi) is 5.21. The number of aldehydes is 1. The predicted molar refractivity (Wildman–Crippen MR) is 75.0 cm³/mol. The van der Waals surface area contributed by atoms with Crippen LogP contribution in [-0.4, -0.2) is 30.3 Å². The maximum atomic E-state index is 11.1. The maximum absolute atomic E-state index is 11.1. The number of halogens is 1. The van der Waals surface area contributed by atoms with Crippen molar-refractivity contribution in [1.29, 1.82) is 0 Å². The number of nitrogens with zero attached hydrogens (tertiary/aromatic N) is 1. The molecule has 1 heterocycles. The zero-order valence-electron chi connectivity index (χ0n) is 10.6. The summed E-state index contributed by atoms with van der Waals surface area (Å²) in [4.78, 5) is 13.4. The molecule has 0 N–H and O–H groups in total. The van der Waals surface area contributed by atoms with Crippen molar-refractivity contribution < 1.29 is 4.79 Å². The van der Waals surface area contributed by atoms with E-state index in [1.54, 1.807) is 0 Å². The number of carbonyl (C=O) groups excluding carboxylic acids is 1. The molecule has 18 heavy (non-hydrogen) atoms. The summed E-state index contributed by atoms with van der Waals surface area (Å²) in [6.45, 7) is 2.18. The van der Waals surface area contributed by atoms with Gasteiger partial charge in [-0.3, -0.25) is 4.90 Å². The van der Waals surface area contributed by atoms with Gasteiger partial charge < -0.3 is 4.79 Å². The molecule has 1 atom stereocenters. The monoisotopic (exact) mass is 265 g/mol. The molecule has 0 aliphatic carbocycles. The zero-order chi connectivity index (χ0) is 12.8. The van der Waals surface area contributed by atoms with E-state index in [0.717, 1.165) is 43.7 Å². The van der Waals surface area contributed by atoms with E-state index in [0.29, 0.717) is 0 Å². The molecule has 0 radical (unpaired) electrons. The molecule has 1 aliphatic rings. The van der Waals surface area contributed by atoms with E-state index < -0.39 is 0 Å². The van der Waals surface area contributed by atoms with Gasteiger partial charge in [-0.15, -0.1) is 0 Å². The Bertz CT molecular complexity index is 371. The smallest absolute Gasteiger partial charge is 0.137 e. The lowest BCUT2D eigenvalue weighted by Gasteiger charge is -2.22. The molecule has 0 aromatic heterocycles. The number of carbonyl (C=O) groups is 1. The molecule has 3 heteroatoms. The van der Waals surface area contributed by atoms with Gasteiger partial charge in [-0.1, -0.05) is 23.7 Å². The summed E-state index contributed by atoms with van der Waals surface area (Å²) < 4.78 is 0. The molecule has 0 amide bonds. The fraction of sp³-hybridized carbons (Fsp3) is 0.533. The highest BCUT2D eigenvalue weighted by molar-refractivity contribution is 6.30. The van der Waals surface area contributed by atoms with E-state index in [1.165, 1.54) is 18.4 Å². The number of hydrogen-bond acceptors (Lipinski definition) is 2. The average molecular weight is 266 g/mol. The van der Waals surface area contributed by atoms with Crippen LogP contribution in [0.4, 0.5) is 0 Å². The largest absolute Gasteiger partial charge is 0.302 e. The fourth-order valence-electron chi connectivity index (χ4n) is 2.58. The van der Waals surface area contributed by atoms with Crippen LogP contribution in [0.25, 0.3) is 0 Å². The minimum atomic E-state index is 0.125. The number of aryl methyl sites for hydroxylation is 1. The van der Waals surface area contributed by atoms with Crippen LogP contribution in [-0.2, 0) is 11.2 Å². The first kappa shape index (κ1) is 13.6. The van der Waals surface area contributed by atoms with Crippen LogP contribution in [0.1, 0.15) is 31.2 Å². The number of rotatable bonds is 6. The van der Waals surface area contributed by atoms with Gasteiger partial charge in [0.05, 0.1) is 6.04 Å². The quantitative estimate of drug-likeness (QED) is 0.736. The molecule has 0 spiro atoms. The second kappa shape index (κ2) is 6.91. The van der Waals surface area contributed by atoms with E-state index >= 15 is 0 Å². The van der Waals surface area contributed by atoms with Gasteiger partial charge in [0, 0.05) is 5.02 Å². The van der Waals surface area contributed by atoms with Crippen LogP contribution in [0.3, 0.4) is 0 Å². The summed E-state index contributed by atoms with van der Waals surface area (Å²) in [6, 6.07) is 8.10. The normalized spacial score (nSPS) is 17.8. The van der Waals surface area contributed by atoms with Crippen molar-refractivity contribution in [3.05, 3.63) is 34.9 Å². The van der Waals surface area contributed by atoms with Gasteiger partial charge in [-0.05, 0) is 62.9 Å². The van der Waals surface area contributed by atoms with Gasteiger partial charge in [-0.2, -0.15) is 0 Å². The van der Waals surface area contributed by atoms with Crippen LogP contribution in [0.2, 0.25) is 5.02 Å². The van der Waals surface area contributed by atoms with Gasteiger partial charge in [0.1, 0.15) is 6.29 Å². The number of benzene rings is 1. The van der Waals surface area contributed by atoms with E-state index in [1.807, 2.05) is 12.1 Å². The fourth-order valence-corrected chi connectivity index (χ4v) is 2.70. The van der Waals surface area contributed by atoms with E-state index in [4.69, 9.17) is 11.6 Å². The van der Waals surface area contributed by atoms with Crippen molar-refractivity contribution in [3.63, 3.8) is 0 Å². The maximum Gasteiger partial charge on any atom is 0.137 e. The summed E-state index contributed by atoms with van der Waals surface area (Å²) >= 11 is 5.85. The van der Waals surface area contributed by atoms with Crippen molar-refractivity contribution in [2.75, 3.05) is 13.1 Å². The molecule has 1 unspecified atom stereocenters. The highest BCUT2D eigenvalue weighted by Gasteiger charge is 2.20. The molecule has 1 saturated heterocycles. The van der Waals surface area contributed by atoms with Crippen molar-refractivity contribution >= 4 is 17.9 Å². The van der Waals surface area contributed by atoms with E-state index in [-0.39, 0.29) is 6.04 Å². The molecule has 98 valence electrons. The van der Waals surface area contributed by atoms with Crippen molar-refractivity contribution in [3.8, 4) is 0 Å². The number of likely N-dealkylation sites (tertiary alicyclic amines) is 1. The molecular formula is C15H20ClNO.